The molecular formula is C20H39NO. The molecule has 0 unspecified atom stereocenters. The Balaban J connectivity index is 1.93. The lowest BCUT2D eigenvalue weighted by molar-refractivity contribution is 0.0650. The van der Waals surface area contributed by atoms with Crippen LogP contribution in [0.5, 0.6) is 0 Å². The van der Waals surface area contributed by atoms with Gasteiger partial charge in [-0.3, -0.25) is 4.90 Å². The zero-order chi connectivity index (χ0) is 15.8. The van der Waals surface area contributed by atoms with Crippen LogP contribution in [0.3, 0.4) is 0 Å². The minimum Gasteiger partial charge on any atom is -0.395 e. The summed E-state index contributed by atoms with van der Waals surface area (Å²) >= 11 is 0. The Labute approximate surface area is 138 Å². The molecule has 2 nitrogen and oxygen atoms in total. The standard InChI is InChI=1S/C20H39NO/c1-17(2)13-20(16-22)21(14-18-9-5-3-6-10-18)15-19-11-7-4-8-12-19/h17-20,22H,3-16H2,1-2H3/t20-/m1/s1. The topological polar surface area (TPSA) is 23.5 Å². The Morgan fingerprint density at radius 3 is 1.64 bits per heavy atom. The van der Waals surface area contributed by atoms with Crippen molar-refractivity contribution in [2.75, 3.05) is 19.7 Å². The molecule has 2 aliphatic carbocycles. The lowest BCUT2D eigenvalue weighted by atomic mass is 9.86. The Bertz CT molecular complexity index is 259. The van der Waals surface area contributed by atoms with Crippen molar-refractivity contribution in [2.24, 2.45) is 17.8 Å². The first kappa shape index (κ1) is 18.3. The summed E-state index contributed by atoms with van der Waals surface area (Å²) in [5.41, 5.74) is 0. The van der Waals surface area contributed by atoms with Crippen molar-refractivity contribution < 1.29 is 5.11 Å². The van der Waals surface area contributed by atoms with Crippen LogP contribution in [0.1, 0.15) is 84.5 Å². The summed E-state index contributed by atoms with van der Waals surface area (Å²) in [5, 5.41) is 9.96. The molecule has 0 radical (unpaired) electrons. The average molecular weight is 310 g/mol. The third kappa shape index (κ3) is 6.20. The fraction of sp³-hybridized carbons (Fsp3) is 1.00. The lowest BCUT2D eigenvalue weighted by Gasteiger charge is -2.38. The minimum atomic E-state index is 0.345. The van der Waals surface area contributed by atoms with Crippen LogP contribution in [-0.2, 0) is 0 Å². The van der Waals surface area contributed by atoms with E-state index in [1.807, 2.05) is 0 Å². The van der Waals surface area contributed by atoms with Gasteiger partial charge < -0.3 is 5.11 Å². The molecule has 130 valence electrons. The molecule has 0 saturated heterocycles. The van der Waals surface area contributed by atoms with Crippen LogP contribution >= 0.6 is 0 Å². The summed E-state index contributed by atoms with van der Waals surface area (Å²) in [6.07, 6.45) is 15.4. The second-order valence-electron chi connectivity index (χ2n) is 8.43. The van der Waals surface area contributed by atoms with Gasteiger partial charge in [-0.2, -0.15) is 0 Å². The second-order valence-corrected chi connectivity index (χ2v) is 8.43. The Morgan fingerprint density at radius 1 is 0.818 bits per heavy atom. The second kappa shape index (κ2) is 9.93. The SMILES string of the molecule is CC(C)C[C@H](CO)N(CC1CCCCC1)CC1CCCCC1. The third-order valence-corrected chi connectivity index (χ3v) is 5.91. The minimum absolute atomic E-state index is 0.345. The van der Waals surface area contributed by atoms with Gasteiger partial charge >= 0.3 is 0 Å². The van der Waals surface area contributed by atoms with E-state index >= 15 is 0 Å². The fourth-order valence-electron chi connectivity index (χ4n) is 4.66. The Morgan fingerprint density at radius 2 is 1.27 bits per heavy atom. The number of hydrogen-bond donors (Lipinski definition) is 1. The monoisotopic (exact) mass is 309 g/mol. The van der Waals surface area contributed by atoms with Crippen molar-refractivity contribution in [1.82, 2.24) is 4.90 Å². The van der Waals surface area contributed by atoms with Crippen molar-refractivity contribution in [2.45, 2.75) is 90.5 Å². The van der Waals surface area contributed by atoms with E-state index in [9.17, 15) is 5.11 Å². The van der Waals surface area contributed by atoms with E-state index in [1.54, 1.807) is 0 Å². The van der Waals surface area contributed by atoms with Gasteiger partial charge in [-0.05, 0) is 49.9 Å². The predicted molar refractivity (Wildman–Crippen MR) is 95.1 cm³/mol. The molecule has 0 heterocycles. The number of rotatable bonds is 8. The van der Waals surface area contributed by atoms with Crippen LogP contribution in [0.4, 0.5) is 0 Å². The molecule has 0 spiro atoms. The number of nitrogens with zero attached hydrogens (tertiary/aromatic N) is 1. The van der Waals surface area contributed by atoms with Crippen LogP contribution < -0.4 is 0 Å². The van der Waals surface area contributed by atoms with E-state index < -0.39 is 0 Å². The van der Waals surface area contributed by atoms with E-state index in [-0.39, 0.29) is 0 Å². The van der Waals surface area contributed by atoms with E-state index in [0.717, 1.165) is 18.3 Å². The van der Waals surface area contributed by atoms with Crippen LogP contribution in [-0.4, -0.2) is 35.7 Å². The normalized spacial score (nSPS) is 23.3. The molecule has 0 aliphatic heterocycles. The average Bonchev–Trinajstić information content (AvgIpc) is 2.54. The molecule has 0 bridgehead atoms. The summed E-state index contributed by atoms with van der Waals surface area (Å²) in [6.45, 7) is 7.42. The fourth-order valence-corrected chi connectivity index (χ4v) is 4.66. The van der Waals surface area contributed by atoms with Crippen molar-refractivity contribution >= 4 is 0 Å². The number of aliphatic hydroxyl groups excluding tert-OH is 1. The molecule has 2 fully saturated rings. The van der Waals surface area contributed by atoms with Crippen LogP contribution in [0.25, 0.3) is 0 Å². The zero-order valence-electron chi connectivity index (χ0n) is 15.1. The first-order valence-electron chi connectivity index (χ1n) is 10.0. The summed E-state index contributed by atoms with van der Waals surface area (Å²) in [5.74, 6) is 2.45. The molecule has 0 amide bonds. The number of aliphatic hydroxyl groups is 1. The highest BCUT2D eigenvalue weighted by molar-refractivity contribution is 4.80. The molecule has 0 aromatic carbocycles. The quantitative estimate of drug-likeness (QED) is 0.692. The molecule has 2 aliphatic rings. The largest absolute Gasteiger partial charge is 0.395 e. The molecule has 2 heteroatoms. The van der Waals surface area contributed by atoms with Crippen LogP contribution in [0.2, 0.25) is 0 Å². The molecule has 2 rings (SSSR count). The predicted octanol–water partition coefficient (Wildman–Crippen LogP) is 4.86. The van der Waals surface area contributed by atoms with Gasteiger partial charge in [0.15, 0.2) is 0 Å². The van der Waals surface area contributed by atoms with Gasteiger partial charge in [-0.25, -0.2) is 0 Å². The van der Waals surface area contributed by atoms with Gasteiger partial charge in [0.2, 0.25) is 0 Å². The molecular weight excluding hydrogens is 270 g/mol. The highest BCUT2D eigenvalue weighted by Crippen LogP contribution is 2.29. The molecule has 1 N–H and O–H groups in total. The van der Waals surface area contributed by atoms with Gasteiger partial charge in [0.1, 0.15) is 0 Å². The maximum Gasteiger partial charge on any atom is 0.0586 e. The summed E-state index contributed by atoms with van der Waals surface area (Å²) in [6, 6.07) is 0.392. The first-order valence-corrected chi connectivity index (χ1v) is 10.0. The Hall–Kier alpha value is -0.0800. The molecule has 2 saturated carbocycles. The maximum atomic E-state index is 9.96. The molecule has 1 atom stereocenters. The number of hydrogen-bond acceptors (Lipinski definition) is 2. The van der Waals surface area contributed by atoms with E-state index in [2.05, 4.69) is 18.7 Å². The molecule has 0 aromatic heterocycles. The van der Waals surface area contributed by atoms with Crippen molar-refractivity contribution in [1.29, 1.82) is 0 Å². The summed E-state index contributed by atoms with van der Waals surface area (Å²) < 4.78 is 0. The Kier molecular flexibility index (Phi) is 8.24. The smallest absolute Gasteiger partial charge is 0.0586 e. The van der Waals surface area contributed by atoms with Gasteiger partial charge in [0, 0.05) is 19.1 Å². The zero-order valence-corrected chi connectivity index (χ0v) is 15.1. The van der Waals surface area contributed by atoms with E-state index in [0.29, 0.717) is 18.6 Å². The highest BCUT2D eigenvalue weighted by atomic mass is 16.3. The lowest BCUT2D eigenvalue weighted by Crippen LogP contribution is -2.45. The van der Waals surface area contributed by atoms with Gasteiger partial charge in [-0.1, -0.05) is 52.4 Å². The highest BCUT2D eigenvalue weighted by Gasteiger charge is 2.26. The summed E-state index contributed by atoms with van der Waals surface area (Å²) in [7, 11) is 0. The molecule has 22 heavy (non-hydrogen) atoms. The maximum absolute atomic E-state index is 9.96. The van der Waals surface area contributed by atoms with Crippen molar-refractivity contribution in [3.8, 4) is 0 Å². The third-order valence-electron chi connectivity index (χ3n) is 5.91. The van der Waals surface area contributed by atoms with Crippen LogP contribution in [0, 0.1) is 17.8 Å². The van der Waals surface area contributed by atoms with Gasteiger partial charge in [-0.15, -0.1) is 0 Å². The van der Waals surface area contributed by atoms with Crippen molar-refractivity contribution in [3.05, 3.63) is 0 Å². The van der Waals surface area contributed by atoms with Crippen molar-refractivity contribution in [3.63, 3.8) is 0 Å². The van der Waals surface area contributed by atoms with Crippen LogP contribution in [0.15, 0.2) is 0 Å². The first-order chi connectivity index (χ1) is 10.7. The van der Waals surface area contributed by atoms with Gasteiger partial charge in [0.05, 0.1) is 6.61 Å². The van der Waals surface area contributed by atoms with E-state index in [4.69, 9.17) is 0 Å². The van der Waals surface area contributed by atoms with Gasteiger partial charge in [0.25, 0.3) is 0 Å². The van der Waals surface area contributed by atoms with E-state index in [1.165, 1.54) is 77.3 Å². The molecule has 0 aromatic rings. The summed E-state index contributed by atoms with van der Waals surface area (Å²) in [4.78, 5) is 2.70.